The first-order valence-electron chi connectivity index (χ1n) is 12.1. The predicted octanol–water partition coefficient (Wildman–Crippen LogP) is 6.04. The van der Waals surface area contributed by atoms with Crippen molar-refractivity contribution in [2.45, 2.75) is 19.0 Å². The lowest BCUT2D eigenvalue weighted by Crippen LogP contribution is -2.21. The number of hydrogen-bond donors (Lipinski definition) is 1. The second-order valence-corrected chi connectivity index (χ2v) is 9.70. The van der Waals surface area contributed by atoms with Crippen molar-refractivity contribution in [3.05, 3.63) is 102 Å². The smallest absolute Gasteiger partial charge is 0.250 e. The number of hydrogen-bond acceptors (Lipinski definition) is 6. The molecule has 5 rings (SSSR count). The van der Waals surface area contributed by atoms with E-state index in [1.807, 2.05) is 91.2 Å². The van der Waals surface area contributed by atoms with E-state index in [-0.39, 0.29) is 11.7 Å². The van der Waals surface area contributed by atoms with Crippen LogP contribution in [0.2, 0.25) is 0 Å². The molecule has 0 bridgehead atoms. The number of hydrazone groups is 1. The van der Waals surface area contributed by atoms with Gasteiger partial charge in [-0.1, -0.05) is 71.9 Å². The maximum Gasteiger partial charge on any atom is 0.250 e. The summed E-state index contributed by atoms with van der Waals surface area (Å²) in [6.07, 6.45) is 0. The molecule has 0 radical (unpaired) electrons. The van der Waals surface area contributed by atoms with Crippen LogP contribution < -0.4 is 10.2 Å². The molecule has 1 amide bonds. The monoisotopic (exact) mass is 521 g/mol. The van der Waals surface area contributed by atoms with Crippen molar-refractivity contribution < 1.29 is 9.53 Å². The van der Waals surface area contributed by atoms with Crippen molar-refractivity contribution in [3.8, 4) is 22.8 Å². The van der Waals surface area contributed by atoms with Gasteiger partial charge in [-0.2, -0.15) is 5.10 Å². The number of carbonyl (C=O) groups is 1. The van der Waals surface area contributed by atoms with Gasteiger partial charge in [0.15, 0.2) is 11.0 Å². The lowest BCUT2D eigenvalue weighted by molar-refractivity contribution is -0.118. The van der Waals surface area contributed by atoms with Gasteiger partial charge < -0.3 is 4.74 Å². The quantitative estimate of drug-likeness (QED) is 0.153. The van der Waals surface area contributed by atoms with Gasteiger partial charge in [0, 0.05) is 16.8 Å². The Bertz CT molecular complexity index is 1600. The number of aryl methyl sites for hydroxylation is 1. The number of benzene rings is 4. The van der Waals surface area contributed by atoms with Crippen LogP contribution >= 0.6 is 11.8 Å². The first kappa shape index (κ1) is 25.2. The molecule has 7 nitrogen and oxygen atoms in total. The Morgan fingerprint density at radius 3 is 2.45 bits per heavy atom. The van der Waals surface area contributed by atoms with Gasteiger partial charge in [0.2, 0.25) is 0 Å². The number of carbonyl (C=O) groups excluding carboxylic acids is 1. The topological polar surface area (TPSA) is 81.4 Å². The molecular formula is C30H27N5O2S. The summed E-state index contributed by atoms with van der Waals surface area (Å²) in [6.45, 7) is 3.94. The van der Waals surface area contributed by atoms with Gasteiger partial charge in [-0.3, -0.25) is 9.36 Å². The lowest BCUT2D eigenvalue weighted by Gasteiger charge is -2.11. The van der Waals surface area contributed by atoms with Gasteiger partial charge in [-0.25, -0.2) is 5.43 Å². The Hall–Kier alpha value is -4.43. The fourth-order valence-corrected chi connectivity index (χ4v) is 4.87. The number of thioether (sulfide) groups is 1. The molecule has 38 heavy (non-hydrogen) atoms. The highest BCUT2D eigenvalue weighted by Gasteiger charge is 2.17. The van der Waals surface area contributed by atoms with Crippen LogP contribution in [0.25, 0.3) is 27.8 Å². The Kier molecular flexibility index (Phi) is 7.51. The molecule has 190 valence electrons. The van der Waals surface area contributed by atoms with Gasteiger partial charge in [0.1, 0.15) is 5.75 Å². The average molecular weight is 522 g/mol. The summed E-state index contributed by atoms with van der Waals surface area (Å²) in [5.74, 6) is 1.36. The molecule has 1 aromatic heterocycles. The second-order valence-electron chi connectivity index (χ2n) is 8.75. The molecule has 0 unspecified atom stereocenters. The molecule has 0 atom stereocenters. The summed E-state index contributed by atoms with van der Waals surface area (Å²) >= 11 is 1.31. The van der Waals surface area contributed by atoms with Crippen molar-refractivity contribution in [1.29, 1.82) is 0 Å². The summed E-state index contributed by atoms with van der Waals surface area (Å²) in [6, 6.07) is 30.0. The minimum atomic E-state index is -0.223. The molecule has 0 saturated carbocycles. The fraction of sp³-hybridized carbons (Fsp3) is 0.133. The van der Waals surface area contributed by atoms with Gasteiger partial charge in [0.25, 0.3) is 5.91 Å². The molecule has 0 aliphatic heterocycles. The number of amides is 1. The number of ether oxygens (including phenoxy) is 1. The predicted molar refractivity (Wildman–Crippen MR) is 153 cm³/mol. The first-order chi connectivity index (χ1) is 18.5. The summed E-state index contributed by atoms with van der Waals surface area (Å²) < 4.78 is 7.25. The molecule has 0 aliphatic rings. The minimum Gasteiger partial charge on any atom is -0.497 e. The van der Waals surface area contributed by atoms with Crippen molar-refractivity contribution >= 4 is 34.2 Å². The highest BCUT2D eigenvalue weighted by Crippen LogP contribution is 2.29. The Morgan fingerprint density at radius 1 is 0.947 bits per heavy atom. The minimum absolute atomic E-state index is 0.138. The van der Waals surface area contributed by atoms with E-state index in [4.69, 9.17) is 4.74 Å². The van der Waals surface area contributed by atoms with Gasteiger partial charge in [-0.15, -0.1) is 10.2 Å². The zero-order valence-corrected chi connectivity index (χ0v) is 22.2. The van der Waals surface area contributed by atoms with E-state index in [2.05, 4.69) is 38.9 Å². The van der Waals surface area contributed by atoms with E-state index >= 15 is 0 Å². The Morgan fingerprint density at radius 2 is 1.68 bits per heavy atom. The molecule has 0 aliphatic carbocycles. The van der Waals surface area contributed by atoms with E-state index in [1.165, 1.54) is 11.8 Å². The molecule has 8 heteroatoms. The van der Waals surface area contributed by atoms with Crippen LogP contribution in [0.1, 0.15) is 18.1 Å². The van der Waals surface area contributed by atoms with Crippen LogP contribution in [0.4, 0.5) is 0 Å². The maximum atomic E-state index is 12.7. The summed E-state index contributed by atoms with van der Waals surface area (Å²) in [7, 11) is 1.64. The van der Waals surface area contributed by atoms with E-state index in [9.17, 15) is 4.79 Å². The van der Waals surface area contributed by atoms with Crippen LogP contribution in [0.15, 0.2) is 101 Å². The number of rotatable bonds is 8. The number of nitrogens with one attached hydrogen (secondary N) is 1. The lowest BCUT2D eigenvalue weighted by atomic mass is 10.0. The van der Waals surface area contributed by atoms with Crippen molar-refractivity contribution in [3.63, 3.8) is 0 Å². The number of aromatic nitrogens is 3. The third-order valence-electron chi connectivity index (χ3n) is 6.13. The van der Waals surface area contributed by atoms with Crippen LogP contribution in [0, 0.1) is 6.92 Å². The molecule has 1 N–H and O–H groups in total. The van der Waals surface area contributed by atoms with E-state index < -0.39 is 0 Å². The van der Waals surface area contributed by atoms with Crippen LogP contribution in [0.3, 0.4) is 0 Å². The number of nitrogens with zero attached hydrogens (tertiary/aromatic N) is 4. The zero-order chi connectivity index (χ0) is 26.5. The molecule has 0 spiro atoms. The van der Waals surface area contributed by atoms with E-state index in [0.717, 1.165) is 44.6 Å². The Labute approximate surface area is 225 Å². The van der Waals surface area contributed by atoms with Crippen LogP contribution in [0.5, 0.6) is 5.75 Å². The van der Waals surface area contributed by atoms with E-state index in [1.54, 1.807) is 7.11 Å². The summed E-state index contributed by atoms with van der Waals surface area (Å²) in [5.41, 5.74) is 7.38. The van der Waals surface area contributed by atoms with Crippen molar-refractivity contribution in [2.24, 2.45) is 5.10 Å². The Balaban J connectivity index is 1.35. The standard InChI is InChI=1S/C30H27N5O2S/c1-20-11-15-24(16-12-20)35-29(23-13-17-25(37-3)18-14-23)33-34-30(35)38-19-28(36)32-31-21(2)26-10-6-8-22-7-4-5-9-27(22)26/h4-18H,19H2,1-3H3,(H,32,36). The highest BCUT2D eigenvalue weighted by atomic mass is 32.2. The van der Waals surface area contributed by atoms with Crippen LogP contribution in [-0.4, -0.2) is 39.2 Å². The van der Waals surface area contributed by atoms with Gasteiger partial charge >= 0.3 is 0 Å². The molecule has 5 aromatic rings. The summed E-state index contributed by atoms with van der Waals surface area (Å²) in [4.78, 5) is 12.7. The first-order valence-corrected chi connectivity index (χ1v) is 13.1. The maximum absolute atomic E-state index is 12.7. The van der Waals surface area contributed by atoms with Gasteiger partial charge in [0.05, 0.1) is 18.6 Å². The largest absolute Gasteiger partial charge is 0.497 e. The fourth-order valence-electron chi connectivity index (χ4n) is 4.13. The summed E-state index contributed by atoms with van der Waals surface area (Å²) in [5, 5.41) is 16.1. The van der Waals surface area contributed by atoms with Crippen molar-refractivity contribution in [2.75, 3.05) is 12.9 Å². The van der Waals surface area contributed by atoms with Crippen molar-refractivity contribution in [1.82, 2.24) is 20.2 Å². The third kappa shape index (κ3) is 5.45. The molecule has 0 fully saturated rings. The average Bonchev–Trinajstić information content (AvgIpc) is 3.38. The van der Waals surface area contributed by atoms with Gasteiger partial charge in [-0.05, 0) is 61.0 Å². The molecule has 1 heterocycles. The molecular weight excluding hydrogens is 494 g/mol. The SMILES string of the molecule is COc1ccc(-c2nnc(SCC(=O)NN=C(C)c3cccc4ccccc34)n2-c2ccc(C)cc2)cc1. The number of fused-ring (bicyclic) bond motifs is 1. The normalized spacial score (nSPS) is 11.5. The van der Waals surface area contributed by atoms with Crippen LogP contribution in [-0.2, 0) is 4.79 Å². The third-order valence-corrected chi connectivity index (χ3v) is 7.06. The second kappa shape index (κ2) is 11.3. The van der Waals surface area contributed by atoms with E-state index in [0.29, 0.717) is 11.0 Å². The molecule has 4 aromatic carbocycles. The molecule has 0 saturated heterocycles. The highest BCUT2D eigenvalue weighted by molar-refractivity contribution is 7.99. The zero-order valence-electron chi connectivity index (χ0n) is 21.4. The number of methoxy groups -OCH3 is 1.